The Morgan fingerprint density at radius 2 is 1.76 bits per heavy atom. The van der Waals surface area contributed by atoms with E-state index in [1.807, 2.05) is 0 Å². The van der Waals surface area contributed by atoms with E-state index in [1.165, 1.54) is 19.3 Å². The normalized spacial score (nSPS) is 15.7. The predicted octanol–water partition coefficient (Wildman–Crippen LogP) is 2.67. The number of aromatic nitrogens is 3. The Morgan fingerprint density at radius 3 is 2.38 bits per heavy atom. The van der Waals surface area contributed by atoms with Gasteiger partial charge in [0.1, 0.15) is 0 Å². The zero-order chi connectivity index (χ0) is 15.3. The van der Waals surface area contributed by atoms with Crippen molar-refractivity contribution in [2.75, 3.05) is 35.2 Å². The van der Waals surface area contributed by atoms with Crippen molar-refractivity contribution in [3.8, 4) is 0 Å². The van der Waals surface area contributed by atoms with Crippen molar-refractivity contribution in [3.63, 3.8) is 0 Å². The third kappa shape index (κ3) is 4.88. The van der Waals surface area contributed by atoms with Gasteiger partial charge in [-0.1, -0.05) is 6.08 Å². The van der Waals surface area contributed by atoms with Crippen molar-refractivity contribution >= 4 is 17.8 Å². The van der Waals surface area contributed by atoms with E-state index in [2.05, 4.69) is 57.8 Å². The van der Waals surface area contributed by atoms with Gasteiger partial charge in [0.2, 0.25) is 17.8 Å². The maximum absolute atomic E-state index is 4.58. The Kier molecular flexibility index (Phi) is 4.98. The summed E-state index contributed by atoms with van der Waals surface area (Å²) >= 11 is 0. The van der Waals surface area contributed by atoms with Gasteiger partial charge in [-0.2, -0.15) is 15.0 Å². The number of nitrogens with zero attached hydrogens (tertiary/aromatic N) is 4. The van der Waals surface area contributed by atoms with E-state index >= 15 is 0 Å². The van der Waals surface area contributed by atoms with Crippen LogP contribution in [0.5, 0.6) is 0 Å². The van der Waals surface area contributed by atoms with Crippen LogP contribution in [0, 0.1) is 0 Å². The lowest BCUT2D eigenvalue weighted by Crippen LogP contribution is -2.33. The lowest BCUT2D eigenvalue weighted by molar-refractivity contribution is 0.566. The van der Waals surface area contributed by atoms with E-state index in [-0.39, 0.29) is 5.54 Å². The Labute approximate surface area is 127 Å². The molecular weight excluding hydrogens is 264 g/mol. The smallest absolute Gasteiger partial charge is 0.231 e. The second kappa shape index (κ2) is 6.74. The molecule has 6 heteroatoms. The third-order valence-electron chi connectivity index (χ3n) is 3.15. The van der Waals surface area contributed by atoms with Gasteiger partial charge in [0.15, 0.2) is 0 Å². The molecule has 2 N–H and O–H groups in total. The maximum Gasteiger partial charge on any atom is 0.231 e. The SMILES string of the molecule is C=CCNc1nc(NC(C)(C)C)nc(N2CCCCC2)n1. The molecule has 2 heterocycles. The average Bonchev–Trinajstić information content (AvgIpc) is 2.44. The molecular formula is C15H26N6. The molecule has 0 amide bonds. The van der Waals surface area contributed by atoms with Gasteiger partial charge in [-0.25, -0.2) is 0 Å². The molecule has 2 rings (SSSR count). The van der Waals surface area contributed by atoms with Crippen LogP contribution in [0.1, 0.15) is 40.0 Å². The first-order valence-corrected chi connectivity index (χ1v) is 7.62. The zero-order valence-electron chi connectivity index (χ0n) is 13.3. The fourth-order valence-electron chi connectivity index (χ4n) is 2.23. The summed E-state index contributed by atoms with van der Waals surface area (Å²) in [6.07, 6.45) is 5.48. The van der Waals surface area contributed by atoms with Crippen LogP contribution in [0.25, 0.3) is 0 Å². The highest BCUT2D eigenvalue weighted by Gasteiger charge is 2.18. The highest BCUT2D eigenvalue weighted by atomic mass is 15.3. The van der Waals surface area contributed by atoms with Crippen LogP contribution in [0.4, 0.5) is 17.8 Å². The summed E-state index contributed by atoms with van der Waals surface area (Å²) < 4.78 is 0. The molecule has 1 aromatic rings. The Balaban J connectivity index is 2.24. The lowest BCUT2D eigenvalue weighted by atomic mass is 10.1. The van der Waals surface area contributed by atoms with Crippen molar-refractivity contribution in [3.05, 3.63) is 12.7 Å². The molecule has 0 unspecified atom stereocenters. The van der Waals surface area contributed by atoms with Crippen molar-refractivity contribution < 1.29 is 0 Å². The Morgan fingerprint density at radius 1 is 1.10 bits per heavy atom. The molecule has 0 saturated carbocycles. The second-order valence-electron chi connectivity index (χ2n) is 6.37. The highest BCUT2D eigenvalue weighted by molar-refractivity contribution is 5.45. The van der Waals surface area contributed by atoms with E-state index in [1.54, 1.807) is 6.08 Å². The first-order chi connectivity index (χ1) is 9.98. The van der Waals surface area contributed by atoms with Gasteiger partial charge < -0.3 is 15.5 Å². The molecule has 1 fully saturated rings. The van der Waals surface area contributed by atoms with E-state index in [4.69, 9.17) is 0 Å². The number of hydrogen-bond donors (Lipinski definition) is 2. The summed E-state index contributed by atoms with van der Waals surface area (Å²) in [6, 6.07) is 0. The fraction of sp³-hybridized carbons (Fsp3) is 0.667. The Hall–Kier alpha value is -1.85. The molecule has 6 nitrogen and oxygen atoms in total. The summed E-state index contributed by atoms with van der Waals surface area (Å²) in [7, 11) is 0. The van der Waals surface area contributed by atoms with E-state index in [0.717, 1.165) is 19.0 Å². The van der Waals surface area contributed by atoms with Crippen LogP contribution in [0.15, 0.2) is 12.7 Å². The molecule has 116 valence electrons. The van der Waals surface area contributed by atoms with Crippen molar-refractivity contribution in [2.45, 2.75) is 45.6 Å². The topological polar surface area (TPSA) is 66.0 Å². The molecule has 0 radical (unpaired) electrons. The molecule has 1 saturated heterocycles. The first-order valence-electron chi connectivity index (χ1n) is 7.62. The Bertz CT molecular complexity index is 474. The minimum absolute atomic E-state index is 0.0871. The molecule has 1 aromatic heterocycles. The van der Waals surface area contributed by atoms with Gasteiger partial charge in [-0.3, -0.25) is 0 Å². The number of piperidine rings is 1. The summed E-state index contributed by atoms with van der Waals surface area (Å²) in [5.74, 6) is 1.96. The minimum atomic E-state index is -0.0871. The van der Waals surface area contributed by atoms with Crippen molar-refractivity contribution in [1.29, 1.82) is 0 Å². The van der Waals surface area contributed by atoms with Crippen LogP contribution in [0.3, 0.4) is 0 Å². The van der Waals surface area contributed by atoms with Crippen LogP contribution in [-0.2, 0) is 0 Å². The molecule has 21 heavy (non-hydrogen) atoms. The van der Waals surface area contributed by atoms with Crippen LogP contribution < -0.4 is 15.5 Å². The summed E-state index contributed by atoms with van der Waals surface area (Å²) in [5, 5.41) is 6.48. The predicted molar refractivity (Wildman–Crippen MR) is 88.0 cm³/mol. The number of rotatable bonds is 5. The number of hydrogen-bond acceptors (Lipinski definition) is 6. The monoisotopic (exact) mass is 290 g/mol. The van der Waals surface area contributed by atoms with Crippen molar-refractivity contribution in [2.24, 2.45) is 0 Å². The molecule has 0 aromatic carbocycles. The van der Waals surface area contributed by atoms with Crippen LogP contribution in [-0.4, -0.2) is 40.1 Å². The van der Waals surface area contributed by atoms with E-state index in [9.17, 15) is 0 Å². The summed E-state index contributed by atoms with van der Waals surface area (Å²) in [4.78, 5) is 15.8. The van der Waals surface area contributed by atoms with Gasteiger partial charge >= 0.3 is 0 Å². The zero-order valence-corrected chi connectivity index (χ0v) is 13.3. The van der Waals surface area contributed by atoms with Gasteiger partial charge in [-0.05, 0) is 40.0 Å². The molecule has 0 atom stereocenters. The lowest BCUT2D eigenvalue weighted by Gasteiger charge is -2.28. The third-order valence-corrected chi connectivity index (χ3v) is 3.15. The number of anilines is 3. The fourth-order valence-corrected chi connectivity index (χ4v) is 2.23. The summed E-state index contributed by atoms with van der Waals surface area (Å²) in [5.41, 5.74) is -0.0871. The average molecular weight is 290 g/mol. The van der Waals surface area contributed by atoms with Crippen LogP contribution >= 0.6 is 0 Å². The largest absolute Gasteiger partial charge is 0.351 e. The van der Waals surface area contributed by atoms with Gasteiger partial charge in [0, 0.05) is 25.2 Å². The standard InChI is InChI=1S/C15H26N6/c1-5-9-16-12-17-13(20-15(2,3)4)19-14(18-12)21-10-7-6-8-11-21/h5H,1,6-11H2,2-4H3,(H2,16,17,18,19,20). The van der Waals surface area contributed by atoms with Gasteiger partial charge in [0.05, 0.1) is 0 Å². The number of nitrogens with one attached hydrogen (secondary N) is 2. The molecule has 0 spiro atoms. The van der Waals surface area contributed by atoms with E-state index < -0.39 is 0 Å². The highest BCUT2D eigenvalue weighted by Crippen LogP contribution is 2.20. The second-order valence-corrected chi connectivity index (χ2v) is 6.37. The van der Waals surface area contributed by atoms with E-state index in [0.29, 0.717) is 18.4 Å². The van der Waals surface area contributed by atoms with Crippen molar-refractivity contribution in [1.82, 2.24) is 15.0 Å². The maximum atomic E-state index is 4.58. The van der Waals surface area contributed by atoms with Gasteiger partial charge in [0.25, 0.3) is 0 Å². The first kappa shape index (κ1) is 15.5. The quantitative estimate of drug-likeness (QED) is 0.813. The minimum Gasteiger partial charge on any atom is -0.351 e. The van der Waals surface area contributed by atoms with Gasteiger partial charge in [-0.15, -0.1) is 6.58 Å². The summed E-state index contributed by atoms with van der Waals surface area (Å²) in [6.45, 7) is 12.6. The van der Waals surface area contributed by atoms with Crippen LogP contribution in [0.2, 0.25) is 0 Å². The molecule has 1 aliphatic rings. The molecule has 1 aliphatic heterocycles. The molecule has 0 aliphatic carbocycles. The molecule has 0 bridgehead atoms.